The second-order valence-corrected chi connectivity index (χ2v) is 4.17. The van der Waals surface area contributed by atoms with E-state index in [4.69, 9.17) is 4.74 Å². The van der Waals surface area contributed by atoms with Crippen LogP contribution in [-0.2, 0) is 9.53 Å². The lowest BCUT2D eigenvalue weighted by Crippen LogP contribution is -2.32. The molecule has 0 spiro atoms. The quantitative estimate of drug-likeness (QED) is 0.578. The molecule has 1 aromatic rings. The number of esters is 1. The smallest absolute Gasteiger partial charge is 0.330 e. The minimum atomic E-state index is -0.389. The molecule has 2 unspecified atom stereocenters. The Bertz CT molecular complexity index is 373. The molecular weight excluding hydrogens is 214 g/mol. The van der Waals surface area contributed by atoms with Crippen LogP contribution in [0.1, 0.15) is 18.5 Å². The van der Waals surface area contributed by atoms with Crippen molar-refractivity contribution in [3.63, 3.8) is 0 Å². The van der Waals surface area contributed by atoms with E-state index >= 15 is 0 Å². The molecule has 0 heterocycles. The van der Waals surface area contributed by atoms with Gasteiger partial charge in [-0.1, -0.05) is 36.9 Å². The Morgan fingerprint density at radius 3 is 2.41 bits per heavy atom. The largest absolute Gasteiger partial charge is 0.457 e. The maximum Gasteiger partial charge on any atom is 0.330 e. The fraction of sp³-hybridized carbons (Fsp3) is 0.357. The summed E-state index contributed by atoms with van der Waals surface area (Å²) in [4.78, 5) is 13.3. The van der Waals surface area contributed by atoms with Gasteiger partial charge in [0, 0.05) is 6.08 Å². The van der Waals surface area contributed by atoms with E-state index < -0.39 is 0 Å². The molecule has 0 fully saturated rings. The summed E-state index contributed by atoms with van der Waals surface area (Å²) in [6.45, 7) is 5.29. The molecule has 0 N–H and O–H groups in total. The Balaban J connectivity index is 2.86. The van der Waals surface area contributed by atoms with E-state index in [9.17, 15) is 4.79 Å². The lowest BCUT2D eigenvalue weighted by Gasteiger charge is -2.29. The van der Waals surface area contributed by atoms with Gasteiger partial charge in [0.05, 0.1) is 6.04 Å². The van der Waals surface area contributed by atoms with Crippen molar-refractivity contribution < 1.29 is 9.53 Å². The Morgan fingerprint density at radius 1 is 1.35 bits per heavy atom. The van der Waals surface area contributed by atoms with Gasteiger partial charge >= 0.3 is 5.97 Å². The number of carbonyl (C=O) groups excluding carboxylic acids is 1. The van der Waals surface area contributed by atoms with Crippen LogP contribution in [0.25, 0.3) is 0 Å². The summed E-state index contributed by atoms with van der Waals surface area (Å²) in [6.07, 6.45) is 0.965. The number of benzene rings is 1. The number of hydrogen-bond donors (Lipinski definition) is 0. The highest BCUT2D eigenvalue weighted by Gasteiger charge is 2.23. The van der Waals surface area contributed by atoms with Gasteiger partial charge in [0.25, 0.3) is 0 Å². The number of nitrogens with zero attached hydrogens (tertiary/aromatic N) is 1. The maximum atomic E-state index is 11.2. The van der Waals surface area contributed by atoms with E-state index in [1.807, 2.05) is 56.3 Å². The predicted octanol–water partition coefficient (Wildman–Crippen LogP) is 2.41. The minimum absolute atomic E-state index is 0.0418. The molecule has 0 bridgehead atoms. The van der Waals surface area contributed by atoms with Crippen LogP contribution < -0.4 is 0 Å². The molecule has 2 atom stereocenters. The van der Waals surface area contributed by atoms with Crippen molar-refractivity contribution in [1.82, 2.24) is 4.90 Å². The Morgan fingerprint density at radius 2 is 1.94 bits per heavy atom. The highest BCUT2D eigenvalue weighted by atomic mass is 16.5. The zero-order chi connectivity index (χ0) is 12.8. The molecule has 0 radical (unpaired) electrons. The SMILES string of the molecule is C=CC(=O)OC(C)C(c1ccccc1)N(C)C. The molecule has 3 nitrogen and oxygen atoms in total. The molecule has 92 valence electrons. The lowest BCUT2D eigenvalue weighted by molar-refractivity contribution is -0.145. The Hall–Kier alpha value is -1.61. The van der Waals surface area contributed by atoms with Gasteiger partial charge in [-0.15, -0.1) is 0 Å². The average Bonchev–Trinajstić information content (AvgIpc) is 2.29. The summed E-state index contributed by atoms with van der Waals surface area (Å²) in [5.41, 5.74) is 1.13. The molecule has 0 saturated heterocycles. The van der Waals surface area contributed by atoms with Gasteiger partial charge in [-0.3, -0.25) is 4.90 Å². The maximum absolute atomic E-state index is 11.2. The number of ether oxygens (including phenoxy) is 1. The topological polar surface area (TPSA) is 29.5 Å². The van der Waals surface area contributed by atoms with Crippen molar-refractivity contribution >= 4 is 5.97 Å². The van der Waals surface area contributed by atoms with Crippen molar-refractivity contribution in [3.8, 4) is 0 Å². The molecular formula is C14H19NO2. The molecule has 3 heteroatoms. The summed E-state index contributed by atoms with van der Waals surface area (Å²) >= 11 is 0. The first-order chi connectivity index (χ1) is 8.06. The van der Waals surface area contributed by atoms with Crippen molar-refractivity contribution in [2.75, 3.05) is 14.1 Å². The molecule has 0 amide bonds. The normalized spacial score (nSPS) is 14.1. The number of hydrogen-bond acceptors (Lipinski definition) is 3. The van der Waals surface area contributed by atoms with Crippen LogP contribution in [0, 0.1) is 0 Å². The number of likely N-dealkylation sites (N-methyl/N-ethyl adjacent to an activating group) is 1. The molecule has 0 aromatic heterocycles. The van der Waals surface area contributed by atoms with Crippen molar-refractivity contribution in [2.45, 2.75) is 19.1 Å². The second-order valence-electron chi connectivity index (χ2n) is 4.17. The van der Waals surface area contributed by atoms with Gasteiger partial charge < -0.3 is 4.74 Å². The van der Waals surface area contributed by atoms with Crippen LogP contribution in [0.5, 0.6) is 0 Å². The summed E-state index contributed by atoms with van der Waals surface area (Å²) in [6, 6.07) is 10.0. The monoisotopic (exact) mass is 233 g/mol. The van der Waals surface area contributed by atoms with Gasteiger partial charge in [0.15, 0.2) is 0 Å². The van der Waals surface area contributed by atoms with Crippen LogP contribution in [-0.4, -0.2) is 31.1 Å². The molecule has 1 rings (SSSR count). The van der Waals surface area contributed by atoms with Crippen LogP contribution >= 0.6 is 0 Å². The zero-order valence-corrected chi connectivity index (χ0v) is 10.6. The highest BCUT2D eigenvalue weighted by molar-refractivity contribution is 5.81. The van der Waals surface area contributed by atoms with Gasteiger partial charge in [-0.05, 0) is 26.6 Å². The predicted molar refractivity (Wildman–Crippen MR) is 68.6 cm³/mol. The van der Waals surface area contributed by atoms with Gasteiger partial charge in [0.2, 0.25) is 0 Å². The molecule has 0 aliphatic rings. The van der Waals surface area contributed by atoms with Crippen LogP contribution in [0.15, 0.2) is 43.0 Å². The first kappa shape index (κ1) is 13.5. The van der Waals surface area contributed by atoms with E-state index in [0.717, 1.165) is 5.56 Å². The van der Waals surface area contributed by atoms with Crippen molar-refractivity contribution in [1.29, 1.82) is 0 Å². The summed E-state index contributed by atoms with van der Waals surface area (Å²) in [5, 5.41) is 0. The molecule has 0 aliphatic carbocycles. The number of rotatable bonds is 5. The van der Waals surface area contributed by atoms with E-state index in [0.29, 0.717) is 0 Å². The first-order valence-corrected chi connectivity index (χ1v) is 5.60. The van der Waals surface area contributed by atoms with E-state index in [1.54, 1.807) is 0 Å². The Labute approximate surface area is 103 Å². The number of carbonyl (C=O) groups is 1. The molecule has 17 heavy (non-hydrogen) atoms. The third kappa shape index (κ3) is 3.71. The van der Waals surface area contributed by atoms with Crippen LogP contribution in [0.3, 0.4) is 0 Å². The second kappa shape index (κ2) is 6.21. The summed E-state index contributed by atoms with van der Waals surface area (Å²) < 4.78 is 5.28. The summed E-state index contributed by atoms with van der Waals surface area (Å²) in [5.74, 6) is -0.389. The summed E-state index contributed by atoms with van der Waals surface area (Å²) in [7, 11) is 3.94. The fourth-order valence-corrected chi connectivity index (χ4v) is 1.94. The Kier molecular flexibility index (Phi) is 4.91. The lowest BCUT2D eigenvalue weighted by atomic mass is 10.0. The third-order valence-corrected chi connectivity index (χ3v) is 2.61. The highest BCUT2D eigenvalue weighted by Crippen LogP contribution is 2.23. The van der Waals surface area contributed by atoms with E-state index in [-0.39, 0.29) is 18.1 Å². The van der Waals surface area contributed by atoms with E-state index in [1.165, 1.54) is 6.08 Å². The fourth-order valence-electron chi connectivity index (χ4n) is 1.94. The van der Waals surface area contributed by atoms with Crippen molar-refractivity contribution in [2.24, 2.45) is 0 Å². The minimum Gasteiger partial charge on any atom is -0.457 e. The van der Waals surface area contributed by atoms with Crippen LogP contribution in [0.2, 0.25) is 0 Å². The third-order valence-electron chi connectivity index (χ3n) is 2.61. The first-order valence-electron chi connectivity index (χ1n) is 5.60. The van der Waals surface area contributed by atoms with Gasteiger partial charge in [-0.25, -0.2) is 4.79 Å². The van der Waals surface area contributed by atoms with Crippen molar-refractivity contribution in [3.05, 3.63) is 48.6 Å². The molecule has 1 aromatic carbocycles. The molecule has 0 aliphatic heterocycles. The molecule has 0 saturated carbocycles. The van der Waals surface area contributed by atoms with E-state index in [2.05, 4.69) is 6.58 Å². The zero-order valence-electron chi connectivity index (χ0n) is 10.6. The van der Waals surface area contributed by atoms with Gasteiger partial charge in [-0.2, -0.15) is 0 Å². The standard InChI is InChI=1S/C14H19NO2/c1-5-13(16)17-11(2)14(15(3)4)12-9-7-6-8-10-12/h5-11,14H,1H2,2-4H3. The average molecular weight is 233 g/mol. The van der Waals surface area contributed by atoms with Gasteiger partial charge in [0.1, 0.15) is 6.10 Å². The van der Waals surface area contributed by atoms with Crippen LogP contribution in [0.4, 0.5) is 0 Å².